The number of nitrogens with one attached hydrogen (secondary N) is 1. The molecule has 1 atom stereocenters. The predicted octanol–water partition coefficient (Wildman–Crippen LogP) is 7.63. The Labute approximate surface area is 161 Å². The molecule has 0 amide bonds. The lowest BCUT2D eigenvalue weighted by molar-refractivity contribution is 0.435. The molecule has 2 rings (SSSR count). The molecule has 0 saturated carbocycles. The van der Waals surface area contributed by atoms with Gasteiger partial charge in [0.15, 0.2) is 0 Å². The molecule has 0 heterocycles. The minimum atomic E-state index is 0.102. The van der Waals surface area contributed by atoms with Crippen LogP contribution in [-0.2, 0) is 6.42 Å². The van der Waals surface area contributed by atoms with Crippen molar-refractivity contribution in [2.45, 2.75) is 83.6 Å². The molecule has 0 spiro atoms. The highest BCUT2D eigenvalue weighted by molar-refractivity contribution is 5.45. The largest absolute Gasteiger partial charge is 0.380 e. The maximum atomic E-state index is 3.82. The van der Waals surface area contributed by atoms with E-state index in [1.54, 1.807) is 0 Å². The van der Waals surface area contributed by atoms with E-state index in [9.17, 15) is 0 Å². The van der Waals surface area contributed by atoms with Crippen molar-refractivity contribution in [2.75, 3.05) is 5.32 Å². The second-order valence-electron chi connectivity index (χ2n) is 7.94. The van der Waals surface area contributed by atoms with E-state index in [4.69, 9.17) is 0 Å². The van der Waals surface area contributed by atoms with Gasteiger partial charge in [0.05, 0.1) is 0 Å². The smallest absolute Gasteiger partial charge is 0.0385 e. The van der Waals surface area contributed by atoms with Crippen LogP contribution in [0.4, 0.5) is 5.69 Å². The Bertz CT molecular complexity index is 534. The molecule has 142 valence electrons. The van der Waals surface area contributed by atoms with Gasteiger partial charge >= 0.3 is 0 Å². The fourth-order valence-electron chi connectivity index (χ4n) is 3.76. The summed E-state index contributed by atoms with van der Waals surface area (Å²) in [5.74, 6) is 0. The van der Waals surface area contributed by atoms with Crippen molar-refractivity contribution >= 4 is 5.69 Å². The second-order valence-corrected chi connectivity index (χ2v) is 7.94. The highest BCUT2D eigenvalue weighted by Gasteiger charge is 2.24. The van der Waals surface area contributed by atoms with Gasteiger partial charge in [-0.15, -0.1) is 0 Å². The van der Waals surface area contributed by atoms with Crippen LogP contribution in [0, 0.1) is 0 Å². The van der Waals surface area contributed by atoms with E-state index in [1.165, 1.54) is 69.0 Å². The zero-order valence-corrected chi connectivity index (χ0v) is 16.8. The minimum Gasteiger partial charge on any atom is -0.380 e. The molecular weight excluding hydrogens is 314 g/mol. The summed E-state index contributed by atoms with van der Waals surface area (Å²) in [7, 11) is 0. The molecule has 0 aromatic heterocycles. The Morgan fingerprint density at radius 1 is 0.692 bits per heavy atom. The van der Waals surface area contributed by atoms with Crippen LogP contribution >= 0.6 is 0 Å². The molecule has 1 nitrogen and oxygen atoms in total. The van der Waals surface area contributed by atoms with E-state index in [0.29, 0.717) is 0 Å². The summed E-state index contributed by atoms with van der Waals surface area (Å²) in [5, 5.41) is 3.82. The van der Waals surface area contributed by atoms with Crippen LogP contribution in [0.1, 0.15) is 77.2 Å². The number of hydrogen-bond acceptors (Lipinski definition) is 1. The van der Waals surface area contributed by atoms with Crippen molar-refractivity contribution in [3.05, 3.63) is 66.2 Å². The van der Waals surface area contributed by atoms with Crippen molar-refractivity contribution in [2.24, 2.45) is 0 Å². The standard InChI is InChI=1S/C25H37N/c1-3-4-5-6-7-8-9-16-21-25(2,22-23-17-12-10-13-18-23)26-24-19-14-11-15-20-24/h10-15,17-20,26H,3-9,16,21-22H2,1-2H3/t25-/m1/s1. The third-order valence-corrected chi connectivity index (χ3v) is 5.24. The summed E-state index contributed by atoms with van der Waals surface area (Å²) in [5.41, 5.74) is 2.74. The lowest BCUT2D eigenvalue weighted by atomic mass is 9.86. The van der Waals surface area contributed by atoms with Crippen molar-refractivity contribution in [1.82, 2.24) is 0 Å². The molecular formula is C25H37N. The summed E-state index contributed by atoms with van der Waals surface area (Å²) >= 11 is 0. The minimum absolute atomic E-state index is 0.102. The molecule has 0 fully saturated rings. The summed E-state index contributed by atoms with van der Waals surface area (Å²) < 4.78 is 0. The van der Waals surface area contributed by atoms with Crippen LogP contribution in [0.15, 0.2) is 60.7 Å². The maximum Gasteiger partial charge on any atom is 0.0385 e. The maximum absolute atomic E-state index is 3.82. The average molecular weight is 352 g/mol. The Morgan fingerprint density at radius 2 is 1.23 bits per heavy atom. The van der Waals surface area contributed by atoms with Crippen LogP contribution in [0.25, 0.3) is 0 Å². The molecule has 0 bridgehead atoms. The normalized spacial score (nSPS) is 13.3. The highest BCUT2D eigenvalue weighted by Crippen LogP contribution is 2.26. The van der Waals surface area contributed by atoms with Crippen LogP contribution in [0.5, 0.6) is 0 Å². The van der Waals surface area contributed by atoms with Crippen LogP contribution in [0.3, 0.4) is 0 Å². The first kappa shape index (κ1) is 20.6. The van der Waals surface area contributed by atoms with Gasteiger partial charge in [0.25, 0.3) is 0 Å². The first-order chi connectivity index (χ1) is 12.7. The van der Waals surface area contributed by atoms with Crippen molar-refractivity contribution in [1.29, 1.82) is 0 Å². The molecule has 0 aliphatic heterocycles. The third-order valence-electron chi connectivity index (χ3n) is 5.24. The summed E-state index contributed by atoms with van der Waals surface area (Å²) in [6, 6.07) is 21.6. The quantitative estimate of drug-likeness (QED) is 0.366. The Hall–Kier alpha value is -1.76. The highest BCUT2D eigenvalue weighted by atomic mass is 15.0. The summed E-state index contributed by atoms with van der Waals surface area (Å²) in [6.45, 7) is 4.67. The van der Waals surface area contributed by atoms with Crippen molar-refractivity contribution in [3.63, 3.8) is 0 Å². The molecule has 2 aromatic carbocycles. The van der Waals surface area contributed by atoms with Gasteiger partial charge in [-0.1, -0.05) is 107 Å². The number of anilines is 1. The molecule has 1 N–H and O–H groups in total. The van der Waals surface area contributed by atoms with Crippen molar-refractivity contribution < 1.29 is 0 Å². The van der Waals surface area contributed by atoms with Gasteiger partial charge in [0.1, 0.15) is 0 Å². The molecule has 0 aliphatic carbocycles. The number of rotatable bonds is 13. The lowest BCUT2D eigenvalue weighted by Crippen LogP contribution is -2.37. The summed E-state index contributed by atoms with van der Waals surface area (Å²) in [4.78, 5) is 0. The molecule has 0 unspecified atom stereocenters. The Kier molecular flexibility index (Phi) is 9.31. The topological polar surface area (TPSA) is 12.0 Å². The van der Waals surface area contributed by atoms with Gasteiger partial charge in [-0.3, -0.25) is 0 Å². The zero-order chi connectivity index (χ0) is 18.5. The van der Waals surface area contributed by atoms with E-state index >= 15 is 0 Å². The van der Waals surface area contributed by atoms with Gasteiger partial charge < -0.3 is 5.32 Å². The second kappa shape index (κ2) is 11.8. The van der Waals surface area contributed by atoms with E-state index < -0.39 is 0 Å². The summed E-state index contributed by atoms with van der Waals surface area (Å²) in [6.07, 6.45) is 13.3. The molecule has 2 aromatic rings. The fourth-order valence-corrected chi connectivity index (χ4v) is 3.76. The third kappa shape index (κ3) is 8.08. The SMILES string of the molecule is CCCCCCCCCC[C@](C)(Cc1ccccc1)Nc1ccccc1. The van der Waals surface area contributed by atoms with Gasteiger partial charge in [-0.25, -0.2) is 0 Å². The van der Waals surface area contributed by atoms with Gasteiger partial charge in [0, 0.05) is 11.2 Å². The first-order valence-corrected chi connectivity index (χ1v) is 10.6. The number of benzene rings is 2. The van der Waals surface area contributed by atoms with Crippen LogP contribution in [0.2, 0.25) is 0 Å². The van der Waals surface area contributed by atoms with Crippen molar-refractivity contribution in [3.8, 4) is 0 Å². The van der Waals surface area contributed by atoms with Crippen LogP contribution < -0.4 is 5.32 Å². The predicted molar refractivity (Wildman–Crippen MR) is 116 cm³/mol. The van der Waals surface area contributed by atoms with Crippen LogP contribution in [-0.4, -0.2) is 5.54 Å². The van der Waals surface area contributed by atoms with E-state index in [2.05, 4.69) is 79.8 Å². The Balaban J connectivity index is 1.84. The molecule has 1 heteroatoms. The molecule has 0 aliphatic rings. The fraction of sp³-hybridized carbons (Fsp3) is 0.520. The van der Waals surface area contributed by atoms with E-state index in [0.717, 1.165) is 6.42 Å². The molecule has 26 heavy (non-hydrogen) atoms. The zero-order valence-electron chi connectivity index (χ0n) is 16.8. The van der Waals surface area contributed by atoms with E-state index in [-0.39, 0.29) is 5.54 Å². The van der Waals surface area contributed by atoms with Gasteiger partial charge in [-0.2, -0.15) is 0 Å². The lowest BCUT2D eigenvalue weighted by Gasteiger charge is -2.32. The van der Waals surface area contributed by atoms with Gasteiger partial charge in [0.2, 0.25) is 0 Å². The van der Waals surface area contributed by atoms with Gasteiger partial charge in [-0.05, 0) is 37.5 Å². The average Bonchev–Trinajstić information content (AvgIpc) is 2.65. The monoisotopic (exact) mass is 351 g/mol. The number of hydrogen-bond donors (Lipinski definition) is 1. The molecule has 0 saturated heterocycles. The van der Waals surface area contributed by atoms with E-state index in [1.807, 2.05) is 0 Å². The Morgan fingerprint density at radius 3 is 1.85 bits per heavy atom. The molecule has 0 radical (unpaired) electrons. The number of para-hydroxylation sites is 1. The number of unbranched alkanes of at least 4 members (excludes halogenated alkanes) is 7. The first-order valence-electron chi connectivity index (χ1n) is 10.6.